The van der Waals surface area contributed by atoms with Gasteiger partial charge in [-0.05, 0) is 32.5 Å². The molecule has 0 amide bonds. The fourth-order valence-electron chi connectivity index (χ4n) is 1.94. The number of hydrogen-bond acceptors (Lipinski definition) is 3. The van der Waals surface area contributed by atoms with Gasteiger partial charge in [-0.25, -0.2) is 0 Å². The zero-order valence-corrected chi connectivity index (χ0v) is 12.0. The fourth-order valence-corrected chi connectivity index (χ4v) is 1.94. The topological polar surface area (TPSA) is 34.4 Å². The van der Waals surface area contributed by atoms with Gasteiger partial charge in [0.25, 0.3) is 0 Å². The van der Waals surface area contributed by atoms with Crippen molar-refractivity contribution in [3.8, 4) is 0 Å². The summed E-state index contributed by atoms with van der Waals surface area (Å²) in [5, 5.41) is 3.07. The van der Waals surface area contributed by atoms with Crippen LogP contribution in [-0.2, 0) is 17.9 Å². The van der Waals surface area contributed by atoms with Crippen LogP contribution in [0.3, 0.4) is 0 Å². The average molecular weight is 253 g/mol. The van der Waals surface area contributed by atoms with Gasteiger partial charge in [0.15, 0.2) is 0 Å². The first kappa shape index (κ1) is 15.3. The van der Waals surface area contributed by atoms with Crippen molar-refractivity contribution >= 4 is 0 Å². The first-order valence-electron chi connectivity index (χ1n) is 7.10. The Kier molecular flexibility index (Phi) is 7.78. The van der Waals surface area contributed by atoms with Gasteiger partial charge in [0, 0.05) is 0 Å². The third-order valence-electron chi connectivity index (χ3n) is 3.04. The Balaban J connectivity index is 2.14. The highest BCUT2D eigenvalue weighted by Gasteiger charge is 2.05. The molecule has 1 aromatic rings. The smallest absolute Gasteiger partial charge is 0.129 e. The van der Waals surface area contributed by atoms with Crippen LogP contribution in [0.15, 0.2) is 16.5 Å². The van der Waals surface area contributed by atoms with Crippen LogP contribution >= 0.6 is 0 Å². The Morgan fingerprint density at radius 1 is 1.22 bits per heavy atom. The highest BCUT2D eigenvalue weighted by Crippen LogP contribution is 2.13. The van der Waals surface area contributed by atoms with Crippen LogP contribution in [0.1, 0.15) is 57.5 Å². The minimum absolute atomic E-state index is 0.319. The van der Waals surface area contributed by atoms with Crippen LogP contribution in [0.5, 0.6) is 0 Å². The van der Waals surface area contributed by atoms with Crippen LogP contribution in [0.25, 0.3) is 0 Å². The van der Waals surface area contributed by atoms with Gasteiger partial charge in [-0.15, -0.1) is 0 Å². The van der Waals surface area contributed by atoms with Crippen molar-refractivity contribution < 1.29 is 9.15 Å². The van der Waals surface area contributed by atoms with Gasteiger partial charge in [0.05, 0.1) is 12.6 Å². The average Bonchev–Trinajstić information content (AvgIpc) is 2.80. The van der Waals surface area contributed by atoms with Crippen LogP contribution in [0, 0.1) is 0 Å². The van der Waals surface area contributed by atoms with E-state index in [4.69, 9.17) is 9.15 Å². The summed E-state index contributed by atoms with van der Waals surface area (Å²) in [7, 11) is 1.91. The van der Waals surface area contributed by atoms with Gasteiger partial charge in [0.1, 0.15) is 18.1 Å². The highest BCUT2D eigenvalue weighted by molar-refractivity contribution is 5.06. The van der Waals surface area contributed by atoms with Crippen LogP contribution in [0.2, 0.25) is 0 Å². The van der Waals surface area contributed by atoms with Gasteiger partial charge >= 0.3 is 0 Å². The van der Waals surface area contributed by atoms with Crippen molar-refractivity contribution in [3.63, 3.8) is 0 Å². The van der Waals surface area contributed by atoms with Crippen molar-refractivity contribution in [2.45, 2.75) is 65.2 Å². The molecule has 1 rings (SSSR count). The highest BCUT2D eigenvalue weighted by atomic mass is 16.5. The van der Waals surface area contributed by atoms with Gasteiger partial charge < -0.3 is 14.5 Å². The van der Waals surface area contributed by atoms with E-state index in [9.17, 15) is 0 Å². The first-order chi connectivity index (χ1) is 8.76. The number of hydrogen-bond donors (Lipinski definition) is 1. The van der Waals surface area contributed by atoms with E-state index in [2.05, 4.69) is 19.2 Å². The predicted octanol–water partition coefficient (Wildman–Crippen LogP) is 3.87. The zero-order chi connectivity index (χ0) is 13.2. The molecule has 0 spiro atoms. The summed E-state index contributed by atoms with van der Waals surface area (Å²) in [4.78, 5) is 0. The van der Waals surface area contributed by atoms with Crippen LogP contribution in [0.4, 0.5) is 0 Å². The standard InChI is InChI=1S/C15H27NO2/c1-4-5-6-7-8-13(2)17-12-15-10-9-14(18-15)11-16-3/h9-10,13,16H,4-8,11-12H2,1-3H3. The number of unbranched alkanes of at least 4 members (excludes halogenated alkanes) is 3. The van der Waals surface area contributed by atoms with E-state index in [0.29, 0.717) is 12.7 Å². The Bertz CT molecular complexity index is 309. The Hall–Kier alpha value is -0.800. The summed E-state index contributed by atoms with van der Waals surface area (Å²) in [5.74, 6) is 1.88. The molecule has 0 bridgehead atoms. The molecule has 0 fully saturated rings. The van der Waals surface area contributed by atoms with Gasteiger partial charge in [0.2, 0.25) is 0 Å². The largest absolute Gasteiger partial charge is 0.462 e. The molecule has 1 aromatic heterocycles. The molecule has 1 unspecified atom stereocenters. The molecule has 0 saturated heterocycles. The summed E-state index contributed by atoms with van der Waals surface area (Å²) < 4.78 is 11.4. The normalized spacial score (nSPS) is 12.8. The van der Waals surface area contributed by atoms with Crippen molar-refractivity contribution in [2.24, 2.45) is 0 Å². The second-order valence-electron chi connectivity index (χ2n) is 4.87. The Labute approximate surface area is 111 Å². The maximum Gasteiger partial charge on any atom is 0.129 e. The zero-order valence-electron chi connectivity index (χ0n) is 12.0. The van der Waals surface area contributed by atoms with E-state index in [1.165, 1.54) is 25.7 Å². The van der Waals surface area contributed by atoms with E-state index in [0.717, 1.165) is 24.5 Å². The fraction of sp³-hybridized carbons (Fsp3) is 0.733. The number of rotatable bonds is 10. The molecular formula is C15H27NO2. The molecule has 0 aliphatic heterocycles. The minimum Gasteiger partial charge on any atom is -0.462 e. The number of furan rings is 1. The molecule has 1 heterocycles. The molecule has 1 N–H and O–H groups in total. The molecule has 0 aromatic carbocycles. The maximum absolute atomic E-state index is 5.79. The first-order valence-corrected chi connectivity index (χ1v) is 7.10. The molecule has 1 atom stereocenters. The van der Waals surface area contributed by atoms with Crippen LogP contribution in [-0.4, -0.2) is 13.2 Å². The maximum atomic E-state index is 5.79. The monoisotopic (exact) mass is 253 g/mol. The van der Waals surface area contributed by atoms with E-state index in [1.54, 1.807) is 0 Å². The molecule has 104 valence electrons. The molecule has 0 aliphatic rings. The van der Waals surface area contributed by atoms with Crippen molar-refractivity contribution in [1.29, 1.82) is 0 Å². The molecular weight excluding hydrogens is 226 g/mol. The summed E-state index contributed by atoms with van der Waals surface area (Å²) in [6.07, 6.45) is 6.66. The quantitative estimate of drug-likeness (QED) is 0.643. The Morgan fingerprint density at radius 3 is 2.72 bits per heavy atom. The molecule has 0 saturated carbocycles. The van der Waals surface area contributed by atoms with Gasteiger partial charge in [-0.1, -0.05) is 32.6 Å². The summed E-state index contributed by atoms with van der Waals surface area (Å²) in [6.45, 7) is 5.73. The summed E-state index contributed by atoms with van der Waals surface area (Å²) >= 11 is 0. The van der Waals surface area contributed by atoms with Crippen molar-refractivity contribution in [3.05, 3.63) is 23.7 Å². The predicted molar refractivity (Wildman–Crippen MR) is 74.5 cm³/mol. The molecule has 0 radical (unpaired) electrons. The van der Waals surface area contributed by atoms with Gasteiger partial charge in [-0.2, -0.15) is 0 Å². The van der Waals surface area contributed by atoms with E-state index in [-0.39, 0.29) is 0 Å². The van der Waals surface area contributed by atoms with E-state index in [1.807, 2.05) is 19.2 Å². The lowest BCUT2D eigenvalue weighted by Crippen LogP contribution is -2.07. The van der Waals surface area contributed by atoms with Crippen molar-refractivity contribution in [1.82, 2.24) is 5.32 Å². The lowest BCUT2D eigenvalue weighted by molar-refractivity contribution is 0.0355. The second-order valence-corrected chi connectivity index (χ2v) is 4.87. The number of ether oxygens (including phenoxy) is 1. The minimum atomic E-state index is 0.319. The van der Waals surface area contributed by atoms with Gasteiger partial charge in [-0.3, -0.25) is 0 Å². The second kappa shape index (κ2) is 9.17. The lowest BCUT2D eigenvalue weighted by Gasteiger charge is -2.11. The lowest BCUT2D eigenvalue weighted by atomic mass is 10.1. The Morgan fingerprint density at radius 2 is 2.00 bits per heavy atom. The van der Waals surface area contributed by atoms with E-state index >= 15 is 0 Å². The SMILES string of the molecule is CCCCCCC(C)OCc1ccc(CNC)o1. The molecule has 3 nitrogen and oxygen atoms in total. The third kappa shape index (κ3) is 6.22. The summed E-state index contributed by atoms with van der Waals surface area (Å²) in [6, 6.07) is 4.00. The third-order valence-corrected chi connectivity index (χ3v) is 3.04. The molecule has 0 aliphatic carbocycles. The van der Waals surface area contributed by atoms with E-state index < -0.39 is 0 Å². The van der Waals surface area contributed by atoms with Crippen LogP contribution < -0.4 is 5.32 Å². The molecule has 3 heteroatoms. The number of nitrogens with one attached hydrogen (secondary N) is 1. The van der Waals surface area contributed by atoms with Crippen molar-refractivity contribution in [2.75, 3.05) is 7.05 Å². The summed E-state index contributed by atoms with van der Waals surface area (Å²) in [5.41, 5.74) is 0. The molecule has 18 heavy (non-hydrogen) atoms.